The predicted molar refractivity (Wildman–Crippen MR) is 126 cm³/mol. The molecule has 2 amide bonds. The van der Waals surface area contributed by atoms with Crippen LogP contribution in [-0.4, -0.2) is 18.3 Å². The zero-order chi connectivity index (χ0) is 21.8. The molecule has 4 rings (SSSR count). The van der Waals surface area contributed by atoms with Crippen molar-refractivity contribution < 1.29 is 19.1 Å². The second kappa shape index (κ2) is 9.41. The van der Waals surface area contributed by atoms with E-state index in [0.29, 0.717) is 38.7 Å². The number of imide groups is 1. The van der Waals surface area contributed by atoms with Gasteiger partial charge < -0.3 is 9.47 Å². The molecule has 0 radical (unpaired) electrons. The van der Waals surface area contributed by atoms with Gasteiger partial charge in [-0.15, -0.1) is 0 Å². The first kappa shape index (κ1) is 21.2. The molecule has 3 aromatic rings. The number of anilines is 1. The molecule has 3 aromatic carbocycles. The van der Waals surface area contributed by atoms with E-state index in [-0.39, 0.29) is 11.1 Å². The van der Waals surface area contributed by atoms with E-state index < -0.39 is 0 Å². The van der Waals surface area contributed by atoms with Crippen LogP contribution in [0.15, 0.2) is 82.2 Å². The summed E-state index contributed by atoms with van der Waals surface area (Å²) in [4.78, 5) is 26.8. The van der Waals surface area contributed by atoms with E-state index in [9.17, 15) is 9.59 Å². The molecule has 1 heterocycles. The van der Waals surface area contributed by atoms with Crippen molar-refractivity contribution in [3.05, 3.63) is 93.3 Å². The monoisotopic (exact) mass is 495 g/mol. The Kier molecular flexibility index (Phi) is 6.44. The zero-order valence-corrected chi connectivity index (χ0v) is 19.0. The third-order valence-corrected chi connectivity index (χ3v) is 6.04. The largest absolute Gasteiger partial charge is 0.493 e. The van der Waals surface area contributed by atoms with Crippen molar-refractivity contribution in [3.63, 3.8) is 0 Å². The highest BCUT2D eigenvalue weighted by atomic mass is 79.9. The summed E-state index contributed by atoms with van der Waals surface area (Å²) in [5.74, 6) is 0.750. The van der Waals surface area contributed by atoms with Gasteiger partial charge in [0.05, 0.1) is 22.2 Å². The van der Waals surface area contributed by atoms with Gasteiger partial charge in [-0.05, 0) is 69.2 Å². The number of methoxy groups -OCH3 is 1. The van der Waals surface area contributed by atoms with Crippen molar-refractivity contribution in [3.8, 4) is 11.5 Å². The summed E-state index contributed by atoms with van der Waals surface area (Å²) in [6.07, 6.45) is 1.68. The van der Waals surface area contributed by atoms with Crippen molar-refractivity contribution in [2.75, 3.05) is 12.0 Å². The molecule has 1 aliphatic heterocycles. The smallest absolute Gasteiger partial charge is 0.298 e. The third-order valence-electron chi connectivity index (χ3n) is 4.58. The van der Waals surface area contributed by atoms with E-state index in [0.717, 1.165) is 17.3 Å². The number of halogens is 1. The quantitative estimate of drug-likeness (QED) is 0.376. The third kappa shape index (κ3) is 4.68. The van der Waals surface area contributed by atoms with E-state index in [1.54, 1.807) is 43.5 Å². The summed E-state index contributed by atoms with van der Waals surface area (Å²) in [5, 5.41) is -0.323. The average molecular weight is 496 g/mol. The van der Waals surface area contributed by atoms with Gasteiger partial charge in [0.25, 0.3) is 11.1 Å². The Morgan fingerprint density at radius 1 is 1.00 bits per heavy atom. The highest BCUT2D eigenvalue weighted by Crippen LogP contribution is 2.40. The lowest BCUT2D eigenvalue weighted by Gasteiger charge is -2.14. The van der Waals surface area contributed by atoms with Crippen molar-refractivity contribution in [2.45, 2.75) is 6.61 Å². The molecule has 0 saturated carbocycles. The van der Waals surface area contributed by atoms with Crippen molar-refractivity contribution >= 4 is 50.6 Å². The Morgan fingerprint density at radius 3 is 2.35 bits per heavy atom. The van der Waals surface area contributed by atoms with Crippen LogP contribution >= 0.6 is 27.7 Å². The number of nitrogens with zero attached hydrogens (tertiary/aromatic N) is 1. The Morgan fingerprint density at radius 2 is 1.68 bits per heavy atom. The molecular weight excluding hydrogens is 478 g/mol. The van der Waals surface area contributed by atoms with Gasteiger partial charge in [-0.1, -0.05) is 48.5 Å². The van der Waals surface area contributed by atoms with Crippen molar-refractivity contribution in [1.29, 1.82) is 0 Å². The lowest BCUT2D eigenvalue weighted by molar-refractivity contribution is -0.113. The maximum Gasteiger partial charge on any atom is 0.298 e. The van der Waals surface area contributed by atoms with E-state index in [1.807, 2.05) is 42.5 Å². The van der Waals surface area contributed by atoms with Crippen molar-refractivity contribution in [2.24, 2.45) is 0 Å². The molecule has 1 saturated heterocycles. The molecule has 0 aliphatic carbocycles. The van der Waals surface area contributed by atoms with Gasteiger partial charge in [0, 0.05) is 0 Å². The van der Waals surface area contributed by atoms with Crippen LogP contribution in [0.4, 0.5) is 10.5 Å². The lowest BCUT2D eigenvalue weighted by Crippen LogP contribution is -2.27. The highest BCUT2D eigenvalue weighted by molar-refractivity contribution is 9.10. The number of amides is 2. The van der Waals surface area contributed by atoms with E-state index in [1.165, 1.54) is 4.90 Å². The van der Waals surface area contributed by atoms with Crippen LogP contribution in [0.3, 0.4) is 0 Å². The summed E-state index contributed by atoms with van der Waals surface area (Å²) < 4.78 is 12.2. The van der Waals surface area contributed by atoms with Crippen LogP contribution in [0.5, 0.6) is 11.5 Å². The number of para-hydroxylation sites is 1. The summed E-state index contributed by atoms with van der Waals surface area (Å²) in [6.45, 7) is 0.394. The van der Waals surface area contributed by atoms with Gasteiger partial charge in [-0.2, -0.15) is 0 Å². The Labute approximate surface area is 192 Å². The van der Waals surface area contributed by atoms with Gasteiger partial charge in [0.15, 0.2) is 11.5 Å². The summed E-state index contributed by atoms with van der Waals surface area (Å²) >= 11 is 4.45. The average Bonchev–Trinajstić information content (AvgIpc) is 3.06. The number of rotatable bonds is 6. The molecule has 1 fully saturated rings. The Hall–Kier alpha value is -3.03. The maximum atomic E-state index is 12.8. The normalized spacial score (nSPS) is 14.9. The molecule has 0 atom stereocenters. The Balaban J connectivity index is 1.59. The molecule has 5 nitrogen and oxygen atoms in total. The van der Waals surface area contributed by atoms with Crippen LogP contribution in [0.2, 0.25) is 0 Å². The zero-order valence-electron chi connectivity index (χ0n) is 16.6. The number of benzene rings is 3. The molecule has 0 N–H and O–H groups in total. The molecule has 1 aliphatic rings. The van der Waals surface area contributed by atoms with Gasteiger partial charge >= 0.3 is 0 Å². The van der Waals surface area contributed by atoms with Gasteiger partial charge in [0.2, 0.25) is 0 Å². The minimum Gasteiger partial charge on any atom is -0.493 e. The fourth-order valence-electron chi connectivity index (χ4n) is 3.11. The van der Waals surface area contributed by atoms with Crippen LogP contribution in [-0.2, 0) is 11.4 Å². The molecular formula is C24H18BrNO4S. The second-order valence-electron chi connectivity index (χ2n) is 6.66. The summed E-state index contributed by atoms with van der Waals surface area (Å²) in [7, 11) is 1.56. The molecule has 0 aromatic heterocycles. The summed E-state index contributed by atoms with van der Waals surface area (Å²) in [5.41, 5.74) is 2.31. The van der Waals surface area contributed by atoms with Crippen LogP contribution in [0.25, 0.3) is 6.08 Å². The minimum atomic E-state index is -0.347. The summed E-state index contributed by atoms with van der Waals surface area (Å²) in [6, 6.07) is 22.3. The number of hydrogen-bond donors (Lipinski definition) is 0. The van der Waals surface area contributed by atoms with Crippen LogP contribution in [0.1, 0.15) is 11.1 Å². The predicted octanol–water partition coefficient (Wildman–Crippen LogP) is 6.28. The first-order valence-corrected chi connectivity index (χ1v) is 11.0. The van der Waals surface area contributed by atoms with Gasteiger partial charge in [-0.25, -0.2) is 4.90 Å². The first-order chi connectivity index (χ1) is 15.1. The lowest BCUT2D eigenvalue weighted by atomic mass is 10.1. The van der Waals surface area contributed by atoms with E-state index in [2.05, 4.69) is 15.9 Å². The number of carbonyl (C=O) groups excluding carboxylic acids is 2. The van der Waals surface area contributed by atoms with Gasteiger partial charge in [-0.3, -0.25) is 9.59 Å². The second-order valence-corrected chi connectivity index (χ2v) is 8.51. The van der Waals surface area contributed by atoms with E-state index >= 15 is 0 Å². The molecule has 0 unspecified atom stereocenters. The fourth-order valence-corrected chi connectivity index (χ4v) is 4.53. The number of ether oxygens (including phenoxy) is 2. The van der Waals surface area contributed by atoms with Gasteiger partial charge in [0.1, 0.15) is 6.61 Å². The highest BCUT2D eigenvalue weighted by Gasteiger charge is 2.36. The SMILES string of the molecule is COc1cc(/C=C2\SC(=O)N(c3ccccc3)C2=O)cc(Br)c1OCc1ccccc1. The first-order valence-electron chi connectivity index (χ1n) is 9.44. The number of thioether (sulfide) groups is 1. The van der Waals surface area contributed by atoms with Crippen LogP contribution in [0, 0.1) is 0 Å². The molecule has 7 heteroatoms. The topological polar surface area (TPSA) is 55.8 Å². The molecule has 0 spiro atoms. The molecule has 156 valence electrons. The minimum absolute atomic E-state index is 0.323. The number of hydrogen-bond acceptors (Lipinski definition) is 5. The fraction of sp³-hybridized carbons (Fsp3) is 0.0833. The maximum absolute atomic E-state index is 12.8. The molecule has 0 bridgehead atoms. The molecule has 31 heavy (non-hydrogen) atoms. The Bertz CT molecular complexity index is 1150. The van der Waals surface area contributed by atoms with Crippen molar-refractivity contribution in [1.82, 2.24) is 0 Å². The standard InChI is InChI=1S/C24H18BrNO4S/c1-29-20-13-17(12-19(25)22(20)30-15-16-8-4-2-5-9-16)14-21-23(27)26(24(28)31-21)18-10-6-3-7-11-18/h2-14H,15H2,1H3/b21-14-. The van der Waals surface area contributed by atoms with Crippen LogP contribution < -0.4 is 14.4 Å². The number of carbonyl (C=O) groups is 2. The van der Waals surface area contributed by atoms with E-state index in [4.69, 9.17) is 9.47 Å².